The second-order valence-corrected chi connectivity index (χ2v) is 8.27. The SMILES string of the molecule is CCOc1cc(F)c(Cn2nc(-c3ncc(C4CN(C)C4)c(N)n3)c3ccccc32)c(F)c1. The first-order valence-corrected chi connectivity index (χ1v) is 10.8. The van der Waals surface area contributed by atoms with E-state index in [-0.39, 0.29) is 17.9 Å². The van der Waals surface area contributed by atoms with Gasteiger partial charge >= 0.3 is 0 Å². The fourth-order valence-corrected chi connectivity index (χ4v) is 4.27. The van der Waals surface area contributed by atoms with Gasteiger partial charge in [0.25, 0.3) is 0 Å². The Morgan fingerprint density at radius 1 is 1.15 bits per heavy atom. The van der Waals surface area contributed by atoms with Crippen molar-refractivity contribution in [3.8, 4) is 17.3 Å². The van der Waals surface area contributed by atoms with Crippen LogP contribution in [-0.4, -0.2) is 51.4 Å². The Morgan fingerprint density at radius 2 is 1.88 bits per heavy atom. The van der Waals surface area contributed by atoms with Crippen LogP contribution in [0.25, 0.3) is 22.4 Å². The van der Waals surface area contributed by atoms with Crippen LogP contribution in [0.3, 0.4) is 0 Å². The van der Waals surface area contributed by atoms with Gasteiger partial charge in [-0.2, -0.15) is 5.10 Å². The van der Waals surface area contributed by atoms with Gasteiger partial charge in [-0.05, 0) is 20.0 Å². The van der Waals surface area contributed by atoms with Crippen molar-refractivity contribution in [2.45, 2.75) is 19.4 Å². The van der Waals surface area contributed by atoms with Gasteiger partial charge in [-0.15, -0.1) is 0 Å². The van der Waals surface area contributed by atoms with Gasteiger partial charge in [0, 0.05) is 53.9 Å². The van der Waals surface area contributed by atoms with E-state index in [1.54, 1.807) is 17.8 Å². The first kappa shape index (κ1) is 21.3. The van der Waals surface area contributed by atoms with Crippen molar-refractivity contribution >= 4 is 16.7 Å². The summed E-state index contributed by atoms with van der Waals surface area (Å²) in [7, 11) is 2.05. The zero-order valence-electron chi connectivity index (χ0n) is 18.4. The van der Waals surface area contributed by atoms with Crippen LogP contribution in [0.4, 0.5) is 14.6 Å². The van der Waals surface area contributed by atoms with Crippen LogP contribution in [0.5, 0.6) is 5.75 Å². The van der Waals surface area contributed by atoms with Crippen LogP contribution in [0.2, 0.25) is 0 Å². The van der Waals surface area contributed by atoms with Crippen molar-refractivity contribution in [1.82, 2.24) is 24.6 Å². The third-order valence-electron chi connectivity index (χ3n) is 5.96. The highest BCUT2D eigenvalue weighted by atomic mass is 19.1. The van der Waals surface area contributed by atoms with Gasteiger partial charge < -0.3 is 15.4 Å². The van der Waals surface area contributed by atoms with Crippen LogP contribution < -0.4 is 10.5 Å². The second-order valence-electron chi connectivity index (χ2n) is 8.27. The van der Waals surface area contributed by atoms with Gasteiger partial charge in [-0.25, -0.2) is 18.7 Å². The van der Waals surface area contributed by atoms with E-state index in [9.17, 15) is 8.78 Å². The molecule has 5 rings (SSSR count). The summed E-state index contributed by atoms with van der Waals surface area (Å²) in [5.74, 6) is -0.0792. The normalized spacial score (nSPS) is 14.5. The highest BCUT2D eigenvalue weighted by Crippen LogP contribution is 2.32. The molecular weight excluding hydrogens is 426 g/mol. The molecule has 7 nitrogen and oxygen atoms in total. The van der Waals surface area contributed by atoms with E-state index in [0.717, 1.165) is 24.0 Å². The molecule has 2 aromatic heterocycles. The molecule has 0 atom stereocenters. The molecule has 33 heavy (non-hydrogen) atoms. The monoisotopic (exact) mass is 450 g/mol. The summed E-state index contributed by atoms with van der Waals surface area (Å²) in [5.41, 5.74) is 8.32. The maximum absolute atomic E-state index is 14.7. The largest absolute Gasteiger partial charge is 0.494 e. The minimum Gasteiger partial charge on any atom is -0.494 e. The highest BCUT2D eigenvalue weighted by Gasteiger charge is 2.28. The number of anilines is 1. The highest BCUT2D eigenvalue weighted by molar-refractivity contribution is 5.91. The molecular formula is C24H24F2N6O. The predicted octanol–water partition coefficient (Wildman–Crippen LogP) is 3.83. The quantitative estimate of drug-likeness (QED) is 0.481. The lowest BCUT2D eigenvalue weighted by Gasteiger charge is -2.36. The molecule has 170 valence electrons. The van der Waals surface area contributed by atoms with Gasteiger partial charge in [0.1, 0.15) is 28.9 Å². The van der Waals surface area contributed by atoms with Crippen molar-refractivity contribution < 1.29 is 13.5 Å². The molecule has 2 N–H and O–H groups in total. The zero-order valence-corrected chi connectivity index (χ0v) is 18.4. The summed E-state index contributed by atoms with van der Waals surface area (Å²) in [5, 5.41) is 5.40. The van der Waals surface area contributed by atoms with Crippen LogP contribution in [0.1, 0.15) is 24.0 Å². The molecule has 0 aliphatic carbocycles. The van der Waals surface area contributed by atoms with E-state index in [2.05, 4.69) is 27.0 Å². The minimum atomic E-state index is -0.685. The smallest absolute Gasteiger partial charge is 0.182 e. The number of fused-ring (bicyclic) bond motifs is 1. The molecule has 1 aliphatic heterocycles. The average molecular weight is 450 g/mol. The van der Waals surface area contributed by atoms with Crippen LogP contribution >= 0.6 is 0 Å². The first-order valence-electron chi connectivity index (χ1n) is 10.8. The number of aromatic nitrogens is 4. The number of nitrogens with two attached hydrogens (primary N) is 1. The lowest BCUT2D eigenvalue weighted by molar-refractivity contribution is 0.190. The number of nitrogen functional groups attached to an aromatic ring is 1. The van der Waals surface area contributed by atoms with E-state index >= 15 is 0 Å². The van der Waals surface area contributed by atoms with Crippen LogP contribution in [0.15, 0.2) is 42.6 Å². The number of ether oxygens (including phenoxy) is 1. The van der Waals surface area contributed by atoms with E-state index < -0.39 is 11.6 Å². The summed E-state index contributed by atoms with van der Waals surface area (Å²) < 4.78 is 36.2. The number of nitrogens with zero attached hydrogens (tertiary/aromatic N) is 5. The predicted molar refractivity (Wildman–Crippen MR) is 122 cm³/mol. The minimum absolute atomic E-state index is 0.0907. The Kier molecular flexibility index (Phi) is 5.41. The lowest BCUT2D eigenvalue weighted by atomic mass is 9.93. The molecule has 0 saturated carbocycles. The number of para-hydroxylation sites is 1. The average Bonchev–Trinajstić information content (AvgIpc) is 3.13. The molecule has 0 radical (unpaired) electrons. The van der Waals surface area contributed by atoms with Crippen molar-refractivity contribution in [3.05, 3.63) is 65.4 Å². The van der Waals surface area contributed by atoms with Gasteiger partial charge in [-0.3, -0.25) is 4.68 Å². The molecule has 0 spiro atoms. The number of hydrogen-bond donors (Lipinski definition) is 1. The standard InChI is InChI=1S/C24H24F2N6O/c1-3-33-15-8-19(25)18(20(26)9-15)13-32-21-7-5-4-6-16(21)22(30-32)24-28-10-17(23(27)29-24)14-11-31(2)12-14/h4-10,14H,3,11-13H2,1-2H3,(H2,27,28,29). The Balaban J connectivity index is 1.53. The van der Waals surface area contributed by atoms with E-state index in [0.29, 0.717) is 35.4 Å². The van der Waals surface area contributed by atoms with E-state index in [4.69, 9.17) is 10.5 Å². The summed E-state index contributed by atoms with van der Waals surface area (Å²) in [6.45, 7) is 3.83. The topological polar surface area (TPSA) is 82.1 Å². The number of halogens is 2. The molecule has 2 aromatic carbocycles. The Bertz CT molecular complexity index is 1310. The fraction of sp³-hybridized carbons (Fsp3) is 0.292. The van der Waals surface area contributed by atoms with Crippen LogP contribution in [0, 0.1) is 11.6 Å². The second kappa shape index (κ2) is 8.40. The van der Waals surface area contributed by atoms with E-state index in [1.807, 2.05) is 24.3 Å². The Hall–Kier alpha value is -3.59. The molecule has 0 bridgehead atoms. The summed E-state index contributed by atoms with van der Waals surface area (Å²) in [4.78, 5) is 11.2. The Labute approximate surface area is 189 Å². The molecule has 0 amide bonds. The summed E-state index contributed by atoms with van der Waals surface area (Å²) >= 11 is 0. The zero-order chi connectivity index (χ0) is 23.1. The third kappa shape index (κ3) is 3.89. The van der Waals surface area contributed by atoms with Crippen molar-refractivity contribution in [2.24, 2.45) is 0 Å². The van der Waals surface area contributed by atoms with Crippen molar-refractivity contribution in [2.75, 3.05) is 32.5 Å². The first-order chi connectivity index (χ1) is 15.9. The number of benzene rings is 2. The van der Waals surface area contributed by atoms with Crippen molar-refractivity contribution in [1.29, 1.82) is 0 Å². The van der Waals surface area contributed by atoms with Crippen molar-refractivity contribution in [3.63, 3.8) is 0 Å². The molecule has 4 aromatic rings. The van der Waals surface area contributed by atoms with E-state index in [1.165, 1.54) is 12.1 Å². The number of likely N-dealkylation sites (N-methyl/N-ethyl adjacent to an activating group) is 1. The molecule has 1 fully saturated rings. The van der Waals surface area contributed by atoms with Gasteiger partial charge in [0.15, 0.2) is 5.82 Å². The molecule has 9 heteroatoms. The number of rotatable bonds is 6. The fourth-order valence-electron chi connectivity index (χ4n) is 4.27. The maximum Gasteiger partial charge on any atom is 0.182 e. The number of hydrogen-bond acceptors (Lipinski definition) is 6. The van der Waals surface area contributed by atoms with Gasteiger partial charge in [-0.1, -0.05) is 18.2 Å². The third-order valence-corrected chi connectivity index (χ3v) is 5.96. The van der Waals surface area contributed by atoms with Gasteiger partial charge in [0.05, 0.1) is 18.7 Å². The molecule has 1 aliphatic rings. The Morgan fingerprint density at radius 3 is 2.55 bits per heavy atom. The number of likely N-dealkylation sites (tertiary alicyclic amines) is 1. The van der Waals surface area contributed by atoms with Crippen LogP contribution in [-0.2, 0) is 6.54 Å². The summed E-state index contributed by atoms with van der Waals surface area (Å²) in [6, 6.07) is 9.83. The lowest BCUT2D eigenvalue weighted by Crippen LogP contribution is -2.42. The maximum atomic E-state index is 14.7. The molecule has 3 heterocycles. The molecule has 0 unspecified atom stereocenters. The van der Waals surface area contributed by atoms with Gasteiger partial charge in [0.2, 0.25) is 0 Å². The molecule has 1 saturated heterocycles. The summed E-state index contributed by atoms with van der Waals surface area (Å²) in [6.07, 6.45) is 1.76.